The highest BCUT2D eigenvalue weighted by molar-refractivity contribution is 6.39. The Balaban J connectivity index is 1.19. The second kappa shape index (κ2) is 14.8. The van der Waals surface area contributed by atoms with E-state index < -0.39 is 5.60 Å². The van der Waals surface area contributed by atoms with Crippen LogP contribution in [0.25, 0.3) is 33.5 Å². The first-order valence-electron chi connectivity index (χ1n) is 18.1. The Morgan fingerprint density at radius 1 is 0.887 bits per heavy atom. The summed E-state index contributed by atoms with van der Waals surface area (Å²) in [4.78, 5) is 34.1. The third kappa shape index (κ3) is 7.19. The molecule has 1 saturated heterocycles. The lowest BCUT2D eigenvalue weighted by atomic mass is 9.92. The molecule has 1 unspecified atom stereocenters. The van der Waals surface area contributed by atoms with Crippen molar-refractivity contribution in [3.63, 3.8) is 0 Å². The van der Waals surface area contributed by atoms with Crippen LogP contribution in [0.3, 0.4) is 0 Å². The first-order chi connectivity index (χ1) is 25.4. The van der Waals surface area contributed by atoms with Crippen molar-refractivity contribution in [1.29, 1.82) is 0 Å². The number of methoxy groups -OCH3 is 2. The van der Waals surface area contributed by atoms with Crippen molar-refractivity contribution in [3.8, 4) is 45.1 Å². The third-order valence-electron chi connectivity index (χ3n) is 10.3. The van der Waals surface area contributed by atoms with Gasteiger partial charge in [-0.05, 0) is 75.8 Å². The van der Waals surface area contributed by atoms with Crippen molar-refractivity contribution < 1.29 is 28.5 Å². The lowest BCUT2D eigenvalue weighted by molar-refractivity contribution is -0.155. The van der Waals surface area contributed by atoms with E-state index in [1.807, 2.05) is 70.2 Å². The molecule has 3 aliphatic rings. The summed E-state index contributed by atoms with van der Waals surface area (Å²) in [6.45, 7) is 10.1. The summed E-state index contributed by atoms with van der Waals surface area (Å²) >= 11 is 14.5. The zero-order chi connectivity index (χ0) is 37.6. The first-order valence-corrected chi connectivity index (χ1v) is 18.9. The van der Waals surface area contributed by atoms with Gasteiger partial charge in [-0.3, -0.25) is 9.69 Å². The maximum absolute atomic E-state index is 12.9. The van der Waals surface area contributed by atoms with Gasteiger partial charge in [0.1, 0.15) is 11.4 Å². The molecule has 0 bridgehead atoms. The molecule has 0 spiro atoms. The van der Waals surface area contributed by atoms with Crippen molar-refractivity contribution in [2.75, 3.05) is 40.5 Å². The van der Waals surface area contributed by atoms with Crippen LogP contribution in [-0.2, 0) is 33.7 Å². The minimum atomic E-state index is -0.591. The van der Waals surface area contributed by atoms with Crippen molar-refractivity contribution in [2.24, 2.45) is 5.92 Å². The molecule has 1 amide bonds. The van der Waals surface area contributed by atoms with Gasteiger partial charge < -0.3 is 23.8 Å². The highest BCUT2D eigenvalue weighted by Crippen LogP contribution is 2.48. The molecule has 7 rings (SSSR count). The zero-order valence-corrected chi connectivity index (χ0v) is 32.6. The molecule has 2 aliphatic heterocycles. The van der Waals surface area contributed by atoms with Gasteiger partial charge in [0, 0.05) is 65.6 Å². The van der Waals surface area contributed by atoms with Gasteiger partial charge >= 0.3 is 12.1 Å². The number of amides is 1. The topological polar surface area (TPSA) is 90.4 Å². The fourth-order valence-electron chi connectivity index (χ4n) is 7.80. The number of hydrogen-bond donors (Lipinski definition) is 0. The van der Waals surface area contributed by atoms with E-state index in [2.05, 4.69) is 17.0 Å². The van der Waals surface area contributed by atoms with Crippen LogP contribution in [-0.4, -0.2) is 72.9 Å². The summed E-state index contributed by atoms with van der Waals surface area (Å²) in [6, 6.07) is 18.3. The second-order valence-electron chi connectivity index (χ2n) is 14.8. The van der Waals surface area contributed by atoms with Crippen LogP contribution in [0.4, 0.5) is 4.79 Å². The number of aryl methyl sites for hydroxylation is 1. The molecule has 1 fully saturated rings. The first kappa shape index (κ1) is 37.0. The van der Waals surface area contributed by atoms with Crippen LogP contribution in [0.1, 0.15) is 62.4 Å². The summed E-state index contributed by atoms with van der Waals surface area (Å²) < 4.78 is 22.6. The van der Waals surface area contributed by atoms with Crippen LogP contribution >= 0.6 is 23.2 Å². The Hall–Kier alpha value is -4.31. The van der Waals surface area contributed by atoms with Crippen molar-refractivity contribution in [3.05, 3.63) is 86.9 Å². The van der Waals surface area contributed by atoms with Crippen LogP contribution < -0.4 is 9.47 Å². The molecule has 53 heavy (non-hydrogen) atoms. The number of pyridine rings is 1. The molecule has 1 aliphatic carbocycles. The largest absolute Gasteiger partial charge is 0.496 e. The van der Waals surface area contributed by atoms with Gasteiger partial charge in [-0.2, -0.15) is 0 Å². The lowest BCUT2D eigenvalue weighted by Gasteiger charge is -2.42. The smallest absolute Gasteiger partial charge is 0.410 e. The monoisotopic (exact) mass is 757 g/mol. The van der Waals surface area contributed by atoms with E-state index in [1.54, 1.807) is 19.1 Å². The lowest BCUT2D eigenvalue weighted by Crippen LogP contribution is -2.51. The van der Waals surface area contributed by atoms with Crippen LogP contribution in [0.5, 0.6) is 11.6 Å². The van der Waals surface area contributed by atoms with Gasteiger partial charge in [-0.15, -0.1) is 0 Å². The number of carbonyl (C=O) groups is 2. The molecule has 4 aromatic rings. The number of carbonyl (C=O) groups excluding carboxylic acids is 2. The number of aromatic nitrogens is 1. The van der Waals surface area contributed by atoms with E-state index in [9.17, 15) is 9.59 Å². The summed E-state index contributed by atoms with van der Waals surface area (Å²) in [6.07, 6.45) is 2.12. The van der Waals surface area contributed by atoms with Gasteiger partial charge in [0.05, 0.1) is 42.5 Å². The molecule has 11 heteroatoms. The second-order valence-corrected chi connectivity index (χ2v) is 15.6. The maximum Gasteiger partial charge on any atom is 0.410 e. The van der Waals surface area contributed by atoms with Crippen LogP contribution in [0.2, 0.25) is 10.0 Å². The molecule has 1 atom stereocenters. The Morgan fingerprint density at radius 3 is 2.23 bits per heavy atom. The highest BCUT2D eigenvalue weighted by Gasteiger charge is 2.41. The van der Waals surface area contributed by atoms with Crippen molar-refractivity contribution >= 4 is 35.3 Å². The average Bonchev–Trinajstić information content (AvgIpc) is 3.53. The van der Waals surface area contributed by atoms with Gasteiger partial charge in [0.25, 0.3) is 0 Å². The molecule has 0 N–H and O–H groups in total. The molecular weight excluding hydrogens is 713 g/mol. The van der Waals surface area contributed by atoms with Gasteiger partial charge in [0.15, 0.2) is 0 Å². The van der Waals surface area contributed by atoms with E-state index in [0.29, 0.717) is 60.8 Å². The minimum absolute atomic E-state index is 0.0734. The van der Waals surface area contributed by atoms with Gasteiger partial charge in [-0.1, -0.05) is 65.7 Å². The maximum atomic E-state index is 12.9. The predicted octanol–water partition coefficient (Wildman–Crippen LogP) is 9.18. The normalized spacial score (nSPS) is 17.1. The number of benzene rings is 3. The fourth-order valence-corrected chi connectivity index (χ4v) is 8.46. The Labute approximate surface area is 321 Å². The van der Waals surface area contributed by atoms with Gasteiger partial charge in [0.2, 0.25) is 5.88 Å². The van der Waals surface area contributed by atoms with Crippen LogP contribution in [0.15, 0.2) is 54.6 Å². The number of fused-ring (bicyclic) bond motifs is 2. The van der Waals surface area contributed by atoms with E-state index in [1.165, 1.54) is 11.1 Å². The number of esters is 1. The quantitative estimate of drug-likeness (QED) is 0.165. The molecule has 0 saturated carbocycles. The third-order valence-corrected chi connectivity index (χ3v) is 11.1. The van der Waals surface area contributed by atoms with E-state index >= 15 is 0 Å². The summed E-state index contributed by atoms with van der Waals surface area (Å²) in [5, 5.41) is 1.08. The van der Waals surface area contributed by atoms with E-state index in [0.717, 1.165) is 57.5 Å². The Morgan fingerprint density at radius 2 is 1.57 bits per heavy atom. The SMILES string of the molecule is CCOC(=O)C1CN(C2CCc3cc(-c4cccc(-c5cccc(-c6cc7c(c(OC)n6)CCN(C(=O)OC(C)(C)C)C7)c5Cl)c4Cl)cc(OC)c32)C1. The van der Waals surface area contributed by atoms with Gasteiger partial charge in [-0.25, -0.2) is 9.78 Å². The molecule has 1 aromatic heterocycles. The molecular formula is C42H45Cl2N3O6. The molecule has 0 radical (unpaired) electrons. The molecule has 3 heterocycles. The standard InChI is InChI=1S/C42H45Cl2N3O6/c1-7-52-40(48)27-22-47(23-27)34-15-14-24-18-25(20-35(50-5)36(24)34)28-10-8-11-30(37(28)43)31-12-9-13-32(38(31)44)33-19-26-21-46(41(49)53-42(2,3)4)17-16-29(26)39(45-33)51-6/h8-13,18-20,27,34H,7,14-17,21-23H2,1-6H3. The Bertz CT molecular complexity index is 2070. The predicted molar refractivity (Wildman–Crippen MR) is 207 cm³/mol. The Kier molecular flexibility index (Phi) is 10.4. The number of likely N-dealkylation sites (tertiary alicyclic amines) is 1. The zero-order valence-electron chi connectivity index (χ0n) is 31.1. The van der Waals surface area contributed by atoms with Crippen LogP contribution in [0, 0.1) is 5.92 Å². The summed E-state index contributed by atoms with van der Waals surface area (Å²) in [5.74, 6) is 1.15. The number of halogens is 2. The number of hydrogen-bond acceptors (Lipinski definition) is 8. The summed E-state index contributed by atoms with van der Waals surface area (Å²) in [7, 11) is 3.31. The minimum Gasteiger partial charge on any atom is -0.496 e. The van der Waals surface area contributed by atoms with Crippen molar-refractivity contribution in [2.45, 2.75) is 65.1 Å². The van der Waals surface area contributed by atoms with E-state index in [-0.39, 0.29) is 24.0 Å². The summed E-state index contributed by atoms with van der Waals surface area (Å²) in [5.41, 5.74) is 8.49. The molecule has 278 valence electrons. The van der Waals surface area contributed by atoms with E-state index in [4.69, 9.17) is 47.1 Å². The van der Waals surface area contributed by atoms with Crippen molar-refractivity contribution in [1.82, 2.24) is 14.8 Å². The average molecular weight is 759 g/mol. The fraction of sp³-hybridized carbons (Fsp3) is 0.405. The number of ether oxygens (including phenoxy) is 4. The molecule has 3 aromatic carbocycles. The molecule has 9 nitrogen and oxygen atoms in total. The number of rotatable bonds is 8. The highest BCUT2D eigenvalue weighted by atomic mass is 35.5. The number of nitrogens with zero attached hydrogens (tertiary/aromatic N) is 3.